The number of carbonyl (C=O) groups excluding carboxylic acids is 1. The Kier molecular flexibility index (Phi) is 4.05. The Balaban J connectivity index is 1.54. The van der Waals surface area contributed by atoms with Gasteiger partial charge in [-0.05, 0) is 24.3 Å². The number of amides is 1. The predicted molar refractivity (Wildman–Crippen MR) is 96.3 cm³/mol. The monoisotopic (exact) mass is 376 g/mol. The lowest BCUT2D eigenvalue weighted by atomic mass is 10.0. The number of benzene rings is 1. The van der Waals surface area contributed by atoms with E-state index >= 15 is 0 Å². The number of hydrogen-bond acceptors (Lipinski definition) is 6. The van der Waals surface area contributed by atoms with Crippen LogP contribution in [0.2, 0.25) is 0 Å². The number of nitrogens with zero attached hydrogens (tertiary/aromatic N) is 1. The van der Waals surface area contributed by atoms with Crippen molar-refractivity contribution in [2.75, 3.05) is 12.3 Å². The molecule has 0 saturated carbocycles. The zero-order valence-electron chi connectivity index (χ0n) is 13.1. The van der Waals surface area contributed by atoms with Crippen LogP contribution >= 0.6 is 23.5 Å². The van der Waals surface area contributed by atoms with Crippen LogP contribution in [-0.2, 0) is 9.59 Å². The molecule has 3 atom stereocenters. The first-order valence-corrected chi connectivity index (χ1v) is 9.61. The Morgan fingerprint density at radius 2 is 2.12 bits per heavy atom. The zero-order chi connectivity index (χ0) is 17.6. The van der Waals surface area contributed by atoms with Crippen molar-refractivity contribution >= 4 is 35.4 Å². The van der Waals surface area contributed by atoms with Crippen molar-refractivity contribution in [3.05, 3.63) is 42.7 Å². The molecule has 2 aliphatic heterocycles. The third-order valence-corrected chi connectivity index (χ3v) is 7.54. The topological polar surface area (TPSA) is 96.8 Å². The summed E-state index contributed by atoms with van der Waals surface area (Å²) >= 11 is 2.73. The summed E-state index contributed by atoms with van der Waals surface area (Å²) in [6.45, 7) is 0.178. The van der Waals surface area contributed by atoms with Crippen LogP contribution in [0, 0.1) is 0 Å². The van der Waals surface area contributed by atoms with Crippen molar-refractivity contribution in [1.82, 2.24) is 4.90 Å². The lowest BCUT2D eigenvalue weighted by Crippen LogP contribution is -2.73. The van der Waals surface area contributed by atoms with Crippen molar-refractivity contribution in [3.8, 4) is 11.3 Å². The van der Waals surface area contributed by atoms with Crippen LogP contribution in [0.25, 0.3) is 11.3 Å². The van der Waals surface area contributed by atoms with E-state index in [1.54, 1.807) is 11.2 Å². The van der Waals surface area contributed by atoms with Crippen LogP contribution in [0.5, 0.6) is 0 Å². The molecule has 4 rings (SSSR count). The van der Waals surface area contributed by atoms with E-state index in [0.29, 0.717) is 5.75 Å². The highest BCUT2D eigenvalue weighted by molar-refractivity contribution is 8.05. The highest BCUT2D eigenvalue weighted by atomic mass is 32.2. The fraction of sp³-hybridized carbons (Fsp3) is 0.294. The van der Waals surface area contributed by atoms with Crippen LogP contribution in [0.4, 0.5) is 0 Å². The molecule has 25 heavy (non-hydrogen) atoms. The third kappa shape index (κ3) is 2.74. The Hall–Kier alpha value is -1.90. The molecule has 0 bridgehead atoms. The summed E-state index contributed by atoms with van der Waals surface area (Å²) in [7, 11) is 0. The zero-order valence-corrected chi connectivity index (χ0v) is 14.8. The van der Waals surface area contributed by atoms with Gasteiger partial charge in [0.05, 0.1) is 6.26 Å². The van der Waals surface area contributed by atoms with Crippen molar-refractivity contribution in [1.29, 1.82) is 0 Å². The van der Waals surface area contributed by atoms with Crippen LogP contribution in [0.1, 0.15) is 0 Å². The molecule has 0 spiro atoms. The molecule has 8 heteroatoms. The SMILES string of the molecule is N[C@@H]1C(=O)N2CC(Sc3ccc(-c4ccco4)cc3)(C(=O)O)CS[C@H]12. The van der Waals surface area contributed by atoms with E-state index in [-0.39, 0.29) is 17.8 Å². The van der Waals surface area contributed by atoms with Gasteiger partial charge in [0, 0.05) is 22.8 Å². The highest BCUT2D eigenvalue weighted by Gasteiger charge is 2.56. The maximum Gasteiger partial charge on any atom is 0.322 e. The molecule has 0 radical (unpaired) electrons. The lowest BCUT2D eigenvalue weighted by molar-refractivity contribution is -0.148. The second-order valence-corrected chi connectivity index (χ2v) is 8.66. The molecular formula is C17H16N2O4S2. The third-order valence-electron chi connectivity index (χ3n) is 4.46. The standard InChI is InChI=1S/C17H16N2O4S2/c18-13-14(20)19-8-17(16(21)22,9-24-15(13)19)25-11-5-3-10(4-6-11)12-2-1-7-23-12/h1-7,13,15H,8-9,18H2,(H,21,22)/t13-,15-,17?/m1/s1. The molecule has 2 aromatic rings. The molecule has 1 aromatic heterocycles. The van der Waals surface area contributed by atoms with Gasteiger partial charge < -0.3 is 20.2 Å². The van der Waals surface area contributed by atoms with Gasteiger partial charge in [0.2, 0.25) is 5.91 Å². The first-order valence-electron chi connectivity index (χ1n) is 7.74. The normalized spacial score (nSPS) is 28.4. The van der Waals surface area contributed by atoms with Gasteiger partial charge in [-0.1, -0.05) is 12.1 Å². The van der Waals surface area contributed by atoms with E-state index in [9.17, 15) is 14.7 Å². The summed E-state index contributed by atoms with van der Waals surface area (Å²) < 4.78 is 4.30. The quantitative estimate of drug-likeness (QED) is 0.789. The van der Waals surface area contributed by atoms with Gasteiger partial charge in [0.1, 0.15) is 21.9 Å². The summed E-state index contributed by atoms with van der Waals surface area (Å²) in [5, 5.41) is 9.72. The second-order valence-electron chi connectivity index (χ2n) is 6.10. The average molecular weight is 376 g/mol. The number of nitrogens with two attached hydrogens (primary N) is 1. The minimum Gasteiger partial charge on any atom is -0.480 e. The van der Waals surface area contributed by atoms with E-state index in [2.05, 4.69) is 0 Å². The fourth-order valence-corrected chi connectivity index (χ4v) is 5.83. The van der Waals surface area contributed by atoms with Crippen molar-refractivity contribution in [2.24, 2.45) is 5.73 Å². The van der Waals surface area contributed by atoms with Crippen molar-refractivity contribution in [2.45, 2.75) is 21.1 Å². The van der Waals surface area contributed by atoms with E-state index in [4.69, 9.17) is 10.2 Å². The summed E-state index contributed by atoms with van der Waals surface area (Å²) in [6.07, 6.45) is 1.61. The molecule has 1 aromatic carbocycles. The van der Waals surface area contributed by atoms with Gasteiger partial charge in [-0.25, -0.2) is 0 Å². The Bertz CT molecular complexity index is 809. The number of carboxylic acids is 1. The average Bonchev–Trinajstić information content (AvgIpc) is 3.16. The van der Waals surface area contributed by atoms with Gasteiger partial charge in [0.25, 0.3) is 0 Å². The number of carbonyl (C=O) groups is 2. The molecule has 1 unspecified atom stereocenters. The van der Waals surface area contributed by atoms with Crippen molar-refractivity contribution in [3.63, 3.8) is 0 Å². The van der Waals surface area contributed by atoms with E-state index < -0.39 is 16.8 Å². The molecule has 3 heterocycles. The largest absolute Gasteiger partial charge is 0.480 e. The molecule has 1 amide bonds. The Labute approximate surface area is 152 Å². The molecule has 2 saturated heterocycles. The number of fused-ring (bicyclic) bond motifs is 1. The van der Waals surface area contributed by atoms with Crippen LogP contribution < -0.4 is 5.73 Å². The van der Waals surface area contributed by atoms with Gasteiger partial charge in [0.15, 0.2) is 0 Å². The van der Waals surface area contributed by atoms with Gasteiger partial charge in [-0.2, -0.15) is 0 Å². The summed E-state index contributed by atoms with van der Waals surface area (Å²) in [4.78, 5) is 26.3. The smallest absolute Gasteiger partial charge is 0.322 e. The summed E-state index contributed by atoms with van der Waals surface area (Å²) in [5.74, 6) is 0.0962. The second kappa shape index (κ2) is 6.12. The Morgan fingerprint density at radius 3 is 2.76 bits per heavy atom. The Morgan fingerprint density at radius 1 is 1.36 bits per heavy atom. The van der Waals surface area contributed by atoms with E-state index in [1.165, 1.54) is 23.5 Å². The maximum absolute atomic E-state index is 12.0. The lowest BCUT2D eigenvalue weighted by Gasteiger charge is -2.52. The predicted octanol–water partition coefficient (Wildman–Crippen LogP) is 2.10. The minimum atomic E-state index is -1.07. The van der Waals surface area contributed by atoms with Gasteiger partial charge in [-0.3, -0.25) is 9.59 Å². The molecule has 2 aliphatic rings. The number of furan rings is 1. The molecule has 2 fully saturated rings. The van der Waals surface area contributed by atoms with Crippen LogP contribution in [-0.4, -0.2) is 50.3 Å². The number of aliphatic carboxylic acids is 1. The molecule has 6 nitrogen and oxygen atoms in total. The highest BCUT2D eigenvalue weighted by Crippen LogP contribution is 2.46. The number of thioether (sulfide) groups is 2. The maximum atomic E-state index is 12.0. The van der Waals surface area contributed by atoms with Crippen LogP contribution in [0.15, 0.2) is 52.0 Å². The molecule has 0 aliphatic carbocycles. The molecule has 3 N–H and O–H groups in total. The van der Waals surface area contributed by atoms with Gasteiger partial charge >= 0.3 is 5.97 Å². The summed E-state index contributed by atoms with van der Waals surface area (Å²) in [6, 6.07) is 10.8. The van der Waals surface area contributed by atoms with E-state index in [0.717, 1.165) is 16.2 Å². The number of carboxylic acid groups (broad SMARTS) is 1. The first-order chi connectivity index (χ1) is 12.0. The van der Waals surface area contributed by atoms with Gasteiger partial charge in [-0.15, -0.1) is 23.5 Å². The molecular weight excluding hydrogens is 360 g/mol. The first kappa shape index (κ1) is 16.6. The van der Waals surface area contributed by atoms with Crippen molar-refractivity contribution < 1.29 is 19.1 Å². The number of β-lactam (4-membered cyclic amide) rings is 1. The van der Waals surface area contributed by atoms with Crippen LogP contribution in [0.3, 0.4) is 0 Å². The number of rotatable bonds is 4. The van der Waals surface area contributed by atoms with E-state index in [1.807, 2.05) is 36.4 Å². The summed E-state index contributed by atoms with van der Waals surface area (Å²) in [5.41, 5.74) is 6.71. The number of hydrogen-bond donors (Lipinski definition) is 2. The minimum absolute atomic E-state index is 0.0955. The molecule has 130 valence electrons. The fourth-order valence-electron chi connectivity index (χ4n) is 3.04.